The highest BCUT2D eigenvalue weighted by molar-refractivity contribution is 6.00. The molecule has 1 amide bonds. The fourth-order valence-electron chi connectivity index (χ4n) is 3.95. The maximum absolute atomic E-state index is 13.6. The second-order valence-electron chi connectivity index (χ2n) is 8.61. The molecule has 3 aromatic rings. The molecule has 11 heteroatoms. The number of amides is 1. The number of carbonyl (C=O) groups is 1. The molecule has 0 saturated carbocycles. The molecule has 0 saturated heterocycles. The minimum Gasteiger partial charge on any atom is -0.494 e. The maximum atomic E-state index is 13.6. The van der Waals surface area contributed by atoms with E-state index in [4.69, 9.17) is 20.1 Å². The smallest absolute Gasteiger partial charge is 0.252 e. The second kappa shape index (κ2) is 12.2. The molecule has 1 atom stereocenters. The van der Waals surface area contributed by atoms with Gasteiger partial charge in [-0.1, -0.05) is 35.4 Å². The Morgan fingerprint density at radius 2 is 1.95 bits per heavy atom. The van der Waals surface area contributed by atoms with Gasteiger partial charge in [0.05, 0.1) is 6.61 Å². The molecule has 0 aliphatic carbocycles. The Morgan fingerprint density at radius 3 is 2.68 bits per heavy atom. The third-order valence-corrected chi connectivity index (χ3v) is 5.92. The molecule has 0 unspecified atom stereocenters. The van der Waals surface area contributed by atoms with Crippen molar-refractivity contribution in [2.75, 3.05) is 19.8 Å². The fraction of sp³-hybridized carbons (Fsp3) is 0.259. The number of halogens is 2. The topological polar surface area (TPSA) is 129 Å². The van der Waals surface area contributed by atoms with Crippen molar-refractivity contribution in [2.45, 2.75) is 24.9 Å². The molecule has 0 fully saturated rings. The van der Waals surface area contributed by atoms with E-state index in [1.54, 1.807) is 48.5 Å². The Balaban J connectivity index is 1.61. The summed E-state index contributed by atoms with van der Waals surface area (Å²) in [6.07, 6.45) is 0.578. The summed E-state index contributed by atoms with van der Waals surface area (Å²) in [5.74, 6) is -1.62. The second-order valence-corrected chi connectivity index (χ2v) is 8.61. The number of aliphatic hydroxyl groups is 1. The number of aliphatic imine (C=N–C) groups is 1. The van der Waals surface area contributed by atoms with E-state index in [0.717, 1.165) is 12.1 Å². The number of nitrogens with zero attached hydrogens (tertiary/aromatic N) is 4. The highest BCUT2D eigenvalue weighted by Gasteiger charge is 2.44. The lowest BCUT2D eigenvalue weighted by Crippen LogP contribution is -2.48. The zero-order valence-electron chi connectivity index (χ0n) is 20.3. The number of hydrogen-bond acceptors (Lipinski definition) is 6. The van der Waals surface area contributed by atoms with Gasteiger partial charge in [0.2, 0.25) is 5.90 Å². The first-order chi connectivity index (χ1) is 18.4. The lowest BCUT2D eigenvalue weighted by molar-refractivity contribution is -0.126. The SMILES string of the molecule is [N-]=[N+]=Nc1ccccc1C[C@]1(C(=O)NCc2ccc(F)c(F)c2)COC(c2ccc(OCCCO)cc2)=N1. The van der Waals surface area contributed by atoms with Gasteiger partial charge < -0.3 is 19.9 Å². The summed E-state index contributed by atoms with van der Waals surface area (Å²) in [6.45, 7) is 0.261. The number of carbonyl (C=O) groups excluding carboxylic acids is 1. The average Bonchev–Trinajstić information content (AvgIpc) is 3.36. The number of benzene rings is 3. The van der Waals surface area contributed by atoms with Crippen molar-refractivity contribution in [3.63, 3.8) is 0 Å². The molecule has 196 valence electrons. The van der Waals surface area contributed by atoms with Gasteiger partial charge in [-0.3, -0.25) is 4.79 Å². The van der Waals surface area contributed by atoms with Crippen LogP contribution in [0.4, 0.5) is 14.5 Å². The molecule has 0 bridgehead atoms. The van der Waals surface area contributed by atoms with Gasteiger partial charge in [0.1, 0.15) is 12.4 Å². The van der Waals surface area contributed by atoms with E-state index < -0.39 is 23.1 Å². The number of ether oxygens (including phenoxy) is 2. The van der Waals surface area contributed by atoms with Crippen LogP contribution in [0.2, 0.25) is 0 Å². The summed E-state index contributed by atoms with van der Waals surface area (Å²) in [4.78, 5) is 21.1. The van der Waals surface area contributed by atoms with Gasteiger partial charge in [-0.2, -0.15) is 0 Å². The molecule has 1 heterocycles. The first kappa shape index (κ1) is 26.6. The van der Waals surface area contributed by atoms with Crippen LogP contribution in [-0.4, -0.2) is 42.3 Å². The summed E-state index contributed by atoms with van der Waals surface area (Å²) >= 11 is 0. The van der Waals surface area contributed by atoms with Crippen LogP contribution in [0.1, 0.15) is 23.1 Å². The lowest BCUT2D eigenvalue weighted by Gasteiger charge is -2.24. The highest BCUT2D eigenvalue weighted by atomic mass is 19.2. The van der Waals surface area contributed by atoms with Crippen LogP contribution in [0, 0.1) is 11.6 Å². The quantitative estimate of drug-likeness (QED) is 0.163. The number of hydrogen-bond donors (Lipinski definition) is 2. The third-order valence-electron chi connectivity index (χ3n) is 5.92. The van der Waals surface area contributed by atoms with Crippen molar-refractivity contribution in [3.8, 4) is 5.75 Å². The van der Waals surface area contributed by atoms with E-state index in [0.29, 0.717) is 41.2 Å². The molecule has 3 aromatic carbocycles. The van der Waals surface area contributed by atoms with E-state index in [2.05, 4.69) is 20.3 Å². The van der Waals surface area contributed by atoms with Crippen LogP contribution in [0.25, 0.3) is 10.4 Å². The van der Waals surface area contributed by atoms with E-state index in [1.807, 2.05) is 0 Å². The van der Waals surface area contributed by atoms with Gasteiger partial charge in [0.25, 0.3) is 5.91 Å². The van der Waals surface area contributed by atoms with Crippen molar-refractivity contribution in [1.29, 1.82) is 0 Å². The van der Waals surface area contributed by atoms with Crippen LogP contribution in [-0.2, 0) is 22.5 Å². The standard InChI is InChI=1S/C27H25F2N5O4/c28-22-11-6-18(14-23(22)29)16-31-26(36)27(15-20-4-1-2-5-24(20)33-34-30)17-38-25(32-27)19-7-9-21(10-8-19)37-13-3-12-35/h1-2,4-11,14,35H,3,12-13,15-17H2,(H,31,36)/t27-/m1/s1. The first-order valence-electron chi connectivity index (χ1n) is 11.9. The van der Waals surface area contributed by atoms with E-state index in [-0.39, 0.29) is 32.1 Å². The van der Waals surface area contributed by atoms with Gasteiger partial charge >= 0.3 is 0 Å². The van der Waals surface area contributed by atoms with Gasteiger partial charge in [-0.25, -0.2) is 13.8 Å². The van der Waals surface area contributed by atoms with Crippen molar-refractivity contribution in [3.05, 3.63) is 105 Å². The Morgan fingerprint density at radius 1 is 1.16 bits per heavy atom. The Bertz CT molecular complexity index is 1380. The van der Waals surface area contributed by atoms with Crippen LogP contribution in [0.15, 0.2) is 76.8 Å². The summed E-state index contributed by atoms with van der Waals surface area (Å²) in [5, 5.41) is 15.4. The van der Waals surface area contributed by atoms with E-state index in [9.17, 15) is 13.6 Å². The monoisotopic (exact) mass is 521 g/mol. The molecule has 4 rings (SSSR count). The maximum Gasteiger partial charge on any atom is 0.252 e. The normalized spacial score (nSPS) is 16.2. The van der Waals surface area contributed by atoms with Crippen LogP contribution < -0.4 is 10.1 Å². The summed E-state index contributed by atoms with van der Waals surface area (Å²) in [5.41, 5.74) is 9.50. The third kappa shape index (κ3) is 6.26. The Labute approximate surface area is 217 Å². The van der Waals surface area contributed by atoms with Crippen molar-refractivity contribution in [2.24, 2.45) is 10.1 Å². The number of aliphatic hydroxyl groups excluding tert-OH is 1. The van der Waals surface area contributed by atoms with Gasteiger partial charge in [0.15, 0.2) is 17.2 Å². The largest absolute Gasteiger partial charge is 0.494 e. The van der Waals surface area contributed by atoms with E-state index >= 15 is 0 Å². The van der Waals surface area contributed by atoms with Crippen molar-refractivity contribution >= 4 is 17.5 Å². The lowest BCUT2D eigenvalue weighted by atomic mass is 9.90. The van der Waals surface area contributed by atoms with Crippen molar-refractivity contribution < 1.29 is 28.2 Å². The number of azide groups is 1. The van der Waals surface area contributed by atoms with E-state index in [1.165, 1.54) is 6.07 Å². The summed E-state index contributed by atoms with van der Waals surface area (Å²) < 4.78 is 38.4. The molecule has 9 nitrogen and oxygen atoms in total. The van der Waals surface area contributed by atoms with Crippen LogP contribution >= 0.6 is 0 Å². The predicted octanol–water partition coefficient (Wildman–Crippen LogP) is 4.74. The van der Waals surface area contributed by atoms with Gasteiger partial charge in [-0.05, 0) is 53.1 Å². The molecular formula is C27H25F2N5O4. The zero-order valence-corrected chi connectivity index (χ0v) is 20.3. The molecule has 2 N–H and O–H groups in total. The predicted molar refractivity (Wildman–Crippen MR) is 136 cm³/mol. The molecule has 1 aliphatic rings. The molecule has 38 heavy (non-hydrogen) atoms. The number of rotatable bonds is 11. The van der Waals surface area contributed by atoms with Gasteiger partial charge in [0, 0.05) is 42.2 Å². The molecule has 1 aliphatic heterocycles. The molecule has 0 spiro atoms. The molecular weight excluding hydrogens is 496 g/mol. The fourth-order valence-corrected chi connectivity index (χ4v) is 3.95. The minimum absolute atomic E-state index is 0.0335. The Kier molecular flexibility index (Phi) is 8.52. The Hall–Kier alpha value is -4.47. The van der Waals surface area contributed by atoms with Crippen LogP contribution in [0.5, 0.6) is 5.75 Å². The first-order valence-corrected chi connectivity index (χ1v) is 11.9. The molecule has 0 radical (unpaired) electrons. The average molecular weight is 522 g/mol. The van der Waals surface area contributed by atoms with Crippen molar-refractivity contribution in [1.82, 2.24) is 5.32 Å². The molecule has 0 aromatic heterocycles. The number of nitrogens with one attached hydrogen (secondary N) is 1. The highest BCUT2D eigenvalue weighted by Crippen LogP contribution is 2.31. The van der Waals surface area contributed by atoms with Gasteiger partial charge in [-0.15, -0.1) is 0 Å². The van der Waals surface area contributed by atoms with Crippen LogP contribution in [0.3, 0.4) is 0 Å². The zero-order chi connectivity index (χ0) is 27.0. The summed E-state index contributed by atoms with van der Waals surface area (Å²) in [6, 6.07) is 17.2. The minimum atomic E-state index is -1.41. The summed E-state index contributed by atoms with van der Waals surface area (Å²) in [7, 11) is 0.